The zero-order valence-corrected chi connectivity index (χ0v) is 17.1. The van der Waals surface area contributed by atoms with Gasteiger partial charge in [0.25, 0.3) is 5.69 Å². The predicted octanol–water partition coefficient (Wildman–Crippen LogP) is 3.86. The number of rotatable bonds is 6. The molecule has 3 aromatic rings. The van der Waals surface area contributed by atoms with Crippen molar-refractivity contribution < 1.29 is 9.72 Å². The Balaban J connectivity index is 1.41. The predicted molar refractivity (Wildman–Crippen MR) is 119 cm³/mol. The molecule has 0 N–H and O–H groups in total. The quantitative estimate of drug-likeness (QED) is 0.450. The topological polar surface area (TPSA) is 79.6 Å². The number of pyridine rings is 1. The molecule has 2 aromatic carbocycles. The van der Waals surface area contributed by atoms with Crippen LogP contribution in [0, 0.1) is 10.1 Å². The van der Waals surface area contributed by atoms with Gasteiger partial charge in [0.2, 0.25) is 5.91 Å². The van der Waals surface area contributed by atoms with Gasteiger partial charge in [-0.2, -0.15) is 0 Å². The van der Waals surface area contributed by atoms with Gasteiger partial charge in [-0.05, 0) is 17.2 Å². The van der Waals surface area contributed by atoms with Crippen LogP contribution in [0.25, 0.3) is 0 Å². The van der Waals surface area contributed by atoms with E-state index in [0.717, 1.165) is 11.1 Å². The second-order valence-corrected chi connectivity index (χ2v) is 7.58. The minimum atomic E-state index is -0.455. The molecule has 1 saturated heterocycles. The van der Waals surface area contributed by atoms with E-state index in [-0.39, 0.29) is 17.5 Å². The monoisotopic (exact) mass is 416 g/mol. The Bertz CT molecular complexity index is 978. The maximum absolute atomic E-state index is 13.1. The lowest BCUT2D eigenvalue weighted by atomic mass is 9.88. The zero-order valence-electron chi connectivity index (χ0n) is 17.1. The molecule has 1 fully saturated rings. The smallest absolute Gasteiger partial charge is 0.287 e. The molecule has 7 nitrogen and oxygen atoms in total. The van der Waals surface area contributed by atoms with E-state index < -0.39 is 4.92 Å². The third-order valence-electron chi connectivity index (χ3n) is 5.68. The summed E-state index contributed by atoms with van der Waals surface area (Å²) >= 11 is 0. The summed E-state index contributed by atoms with van der Waals surface area (Å²) in [6, 6.07) is 23.4. The minimum Gasteiger partial charge on any atom is -0.353 e. The molecule has 2 heterocycles. The molecule has 1 aromatic heterocycles. The maximum atomic E-state index is 13.1. The number of hydrogen-bond acceptors (Lipinski definition) is 5. The second kappa shape index (κ2) is 9.38. The van der Waals surface area contributed by atoms with E-state index in [9.17, 15) is 14.9 Å². The van der Waals surface area contributed by atoms with Gasteiger partial charge in [0.15, 0.2) is 0 Å². The van der Waals surface area contributed by atoms with Gasteiger partial charge in [0, 0.05) is 44.6 Å². The number of benzene rings is 2. The van der Waals surface area contributed by atoms with Gasteiger partial charge < -0.3 is 9.80 Å². The largest absolute Gasteiger partial charge is 0.353 e. The number of piperazine rings is 1. The molecule has 0 bridgehead atoms. The second-order valence-electron chi connectivity index (χ2n) is 7.58. The van der Waals surface area contributed by atoms with Crippen LogP contribution in [0.5, 0.6) is 0 Å². The van der Waals surface area contributed by atoms with Gasteiger partial charge in [-0.25, -0.2) is 4.98 Å². The third-order valence-corrected chi connectivity index (χ3v) is 5.68. The summed E-state index contributed by atoms with van der Waals surface area (Å²) < 4.78 is 0. The summed E-state index contributed by atoms with van der Waals surface area (Å²) in [6.07, 6.45) is 1.70. The highest BCUT2D eigenvalue weighted by Gasteiger charge is 2.26. The first kappa shape index (κ1) is 20.5. The standard InChI is InChI=1S/C24H24N4O3/c29-24(17-22(19-7-3-1-4-8-19)20-9-5-2-6-10-20)27-15-13-26(14-16-27)23-12-11-21(18-25-23)28(30)31/h1-12,18,22H,13-17H2. The lowest BCUT2D eigenvalue weighted by molar-refractivity contribution is -0.385. The molecule has 1 aliphatic heterocycles. The highest BCUT2D eigenvalue weighted by molar-refractivity contribution is 5.78. The van der Waals surface area contributed by atoms with Gasteiger partial charge in [-0.1, -0.05) is 60.7 Å². The number of nitrogens with zero attached hydrogens (tertiary/aromatic N) is 4. The van der Waals surface area contributed by atoms with E-state index in [2.05, 4.69) is 34.1 Å². The Morgan fingerprint density at radius 3 is 1.97 bits per heavy atom. The first-order valence-corrected chi connectivity index (χ1v) is 10.3. The van der Waals surface area contributed by atoms with Crippen LogP contribution in [-0.4, -0.2) is 46.9 Å². The normalized spacial score (nSPS) is 14.0. The highest BCUT2D eigenvalue weighted by Crippen LogP contribution is 2.29. The zero-order chi connectivity index (χ0) is 21.6. The van der Waals surface area contributed by atoms with Gasteiger partial charge in [-0.15, -0.1) is 0 Å². The molecule has 0 spiro atoms. The van der Waals surface area contributed by atoms with Crippen LogP contribution < -0.4 is 4.90 Å². The van der Waals surface area contributed by atoms with Crippen LogP contribution >= 0.6 is 0 Å². The maximum Gasteiger partial charge on any atom is 0.287 e. The summed E-state index contributed by atoms with van der Waals surface area (Å²) in [5.41, 5.74) is 2.25. The lowest BCUT2D eigenvalue weighted by Gasteiger charge is -2.36. The van der Waals surface area contributed by atoms with Crippen LogP contribution in [0.3, 0.4) is 0 Å². The number of aromatic nitrogens is 1. The van der Waals surface area contributed by atoms with E-state index >= 15 is 0 Å². The van der Waals surface area contributed by atoms with Crippen molar-refractivity contribution in [3.05, 3.63) is 100 Å². The van der Waals surface area contributed by atoms with Gasteiger partial charge >= 0.3 is 0 Å². The lowest BCUT2D eigenvalue weighted by Crippen LogP contribution is -2.49. The van der Waals surface area contributed by atoms with Gasteiger partial charge in [-0.3, -0.25) is 14.9 Å². The van der Waals surface area contributed by atoms with Crippen molar-refractivity contribution in [2.45, 2.75) is 12.3 Å². The van der Waals surface area contributed by atoms with Crippen LogP contribution in [0.1, 0.15) is 23.5 Å². The number of nitro groups is 1. The van der Waals surface area contributed by atoms with Crippen molar-refractivity contribution in [1.29, 1.82) is 0 Å². The Kier molecular flexibility index (Phi) is 6.21. The van der Waals surface area contributed by atoms with Crippen molar-refractivity contribution in [2.24, 2.45) is 0 Å². The summed E-state index contributed by atoms with van der Waals surface area (Å²) in [5, 5.41) is 10.8. The fourth-order valence-electron chi connectivity index (χ4n) is 3.96. The van der Waals surface area contributed by atoms with Crippen molar-refractivity contribution in [3.8, 4) is 0 Å². The molecular weight excluding hydrogens is 392 g/mol. The summed E-state index contributed by atoms with van der Waals surface area (Å²) in [4.78, 5) is 31.6. The Morgan fingerprint density at radius 2 is 1.48 bits per heavy atom. The number of hydrogen-bond donors (Lipinski definition) is 0. The molecule has 1 aliphatic rings. The molecule has 0 aliphatic carbocycles. The fourth-order valence-corrected chi connectivity index (χ4v) is 3.96. The molecule has 158 valence electrons. The minimum absolute atomic E-state index is 0.0178. The van der Waals surface area contributed by atoms with Crippen LogP contribution in [0.4, 0.5) is 11.5 Å². The van der Waals surface area contributed by atoms with Crippen LogP contribution in [0.15, 0.2) is 79.0 Å². The van der Waals surface area contributed by atoms with Gasteiger partial charge in [0.05, 0.1) is 4.92 Å². The molecule has 0 saturated carbocycles. The molecular formula is C24H24N4O3. The molecule has 1 amide bonds. The van der Waals surface area contributed by atoms with Gasteiger partial charge in [0.1, 0.15) is 12.0 Å². The van der Waals surface area contributed by atoms with E-state index in [4.69, 9.17) is 0 Å². The average molecular weight is 416 g/mol. The molecule has 31 heavy (non-hydrogen) atoms. The van der Waals surface area contributed by atoms with Crippen molar-refractivity contribution in [1.82, 2.24) is 9.88 Å². The van der Waals surface area contributed by atoms with E-state index in [1.807, 2.05) is 41.3 Å². The Morgan fingerprint density at radius 1 is 0.903 bits per heavy atom. The van der Waals surface area contributed by atoms with Crippen molar-refractivity contribution in [3.63, 3.8) is 0 Å². The van der Waals surface area contributed by atoms with E-state index in [0.29, 0.717) is 38.4 Å². The Hall–Kier alpha value is -3.74. The molecule has 0 atom stereocenters. The van der Waals surface area contributed by atoms with E-state index in [1.54, 1.807) is 6.07 Å². The van der Waals surface area contributed by atoms with Crippen LogP contribution in [0.2, 0.25) is 0 Å². The third kappa shape index (κ3) is 4.88. The highest BCUT2D eigenvalue weighted by atomic mass is 16.6. The summed E-state index contributed by atoms with van der Waals surface area (Å²) in [7, 11) is 0. The average Bonchev–Trinajstić information content (AvgIpc) is 2.83. The first-order chi connectivity index (χ1) is 15.1. The summed E-state index contributed by atoms with van der Waals surface area (Å²) in [5.74, 6) is 0.849. The fraction of sp³-hybridized carbons (Fsp3) is 0.250. The first-order valence-electron chi connectivity index (χ1n) is 10.3. The molecule has 7 heteroatoms. The number of amides is 1. The number of carbonyl (C=O) groups is 1. The molecule has 0 unspecified atom stereocenters. The molecule has 0 radical (unpaired) electrons. The van der Waals surface area contributed by atoms with Crippen LogP contribution in [-0.2, 0) is 4.79 Å². The molecule has 4 rings (SSSR count). The Labute approximate surface area is 181 Å². The van der Waals surface area contributed by atoms with Crippen molar-refractivity contribution in [2.75, 3.05) is 31.1 Å². The van der Waals surface area contributed by atoms with Crippen molar-refractivity contribution >= 4 is 17.4 Å². The SMILES string of the molecule is O=C(CC(c1ccccc1)c1ccccc1)N1CCN(c2ccc([N+](=O)[O-])cn2)CC1. The summed E-state index contributed by atoms with van der Waals surface area (Å²) in [6.45, 7) is 2.51. The van der Waals surface area contributed by atoms with E-state index in [1.165, 1.54) is 12.3 Å². The number of carbonyl (C=O) groups excluding carboxylic acids is 1. The number of anilines is 1.